The number of aliphatic hydroxyl groups excluding tert-OH is 3. The number of fused-ring (bicyclic) bond motifs is 5. The molecule has 3 fully saturated rings. The van der Waals surface area contributed by atoms with Gasteiger partial charge in [-0.15, -0.1) is 0 Å². The molecular formula is C25H42O4. The Morgan fingerprint density at radius 2 is 1.59 bits per heavy atom. The SMILES string of the molecule is CC(C)C1CCC2(C)C1=CCC1(C)C2CC(O)C2(C)C(O)C(O)C(C)(O)CCC12. The van der Waals surface area contributed by atoms with Crippen LogP contribution in [0.2, 0.25) is 0 Å². The van der Waals surface area contributed by atoms with Gasteiger partial charge in [0.2, 0.25) is 0 Å². The fraction of sp³-hybridized carbons (Fsp3) is 0.920. The van der Waals surface area contributed by atoms with Crippen molar-refractivity contribution in [1.29, 1.82) is 0 Å². The van der Waals surface area contributed by atoms with E-state index in [0.717, 1.165) is 6.42 Å². The van der Waals surface area contributed by atoms with Crippen molar-refractivity contribution in [2.45, 2.75) is 104 Å². The molecule has 0 aliphatic heterocycles. The predicted octanol–water partition coefficient (Wildman–Crippen LogP) is 3.67. The molecule has 0 heterocycles. The number of allylic oxidation sites excluding steroid dienone is 2. The summed E-state index contributed by atoms with van der Waals surface area (Å²) >= 11 is 0. The summed E-state index contributed by atoms with van der Waals surface area (Å²) in [4.78, 5) is 0. The average molecular weight is 407 g/mol. The van der Waals surface area contributed by atoms with Gasteiger partial charge in [0.15, 0.2) is 0 Å². The van der Waals surface area contributed by atoms with Gasteiger partial charge in [-0.25, -0.2) is 0 Å². The van der Waals surface area contributed by atoms with Crippen LogP contribution in [-0.4, -0.2) is 44.3 Å². The van der Waals surface area contributed by atoms with Crippen LogP contribution in [0.5, 0.6) is 0 Å². The minimum atomic E-state index is -1.33. The lowest BCUT2D eigenvalue weighted by molar-refractivity contribution is -0.223. The van der Waals surface area contributed by atoms with Crippen molar-refractivity contribution in [1.82, 2.24) is 0 Å². The highest BCUT2D eigenvalue weighted by atomic mass is 16.4. The largest absolute Gasteiger partial charge is 0.392 e. The Balaban J connectivity index is 1.81. The molecular weight excluding hydrogens is 364 g/mol. The van der Waals surface area contributed by atoms with Gasteiger partial charge in [0.1, 0.15) is 6.10 Å². The van der Waals surface area contributed by atoms with Gasteiger partial charge >= 0.3 is 0 Å². The van der Waals surface area contributed by atoms with Gasteiger partial charge in [0.05, 0.1) is 17.8 Å². The second-order valence-corrected chi connectivity index (χ2v) is 12.2. The molecule has 0 amide bonds. The summed E-state index contributed by atoms with van der Waals surface area (Å²) < 4.78 is 0. The molecule has 0 aromatic carbocycles. The summed E-state index contributed by atoms with van der Waals surface area (Å²) in [6.45, 7) is 13.0. The Bertz CT molecular complexity index is 699. The maximum Gasteiger partial charge on any atom is 0.109 e. The van der Waals surface area contributed by atoms with E-state index in [4.69, 9.17) is 0 Å². The molecule has 0 aromatic heterocycles. The molecule has 0 radical (unpaired) electrons. The van der Waals surface area contributed by atoms with Crippen LogP contribution >= 0.6 is 0 Å². The number of rotatable bonds is 1. The van der Waals surface area contributed by atoms with E-state index in [-0.39, 0.29) is 16.7 Å². The van der Waals surface area contributed by atoms with E-state index in [1.165, 1.54) is 12.8 Å². The van der Waals surface area contributed by atoms with Gasteiger partial charge in [-0.2, -0.15) is 0 Å². The van der Waals surface area contributed by atoms with Gasteiger partial charge in [0.25, 0.3) is 0 Å². The number of hydrogen-bond acceptors (Lipinski definition) is 4. The minimum Gasteiger partial charge on any atom is -0.392 e. The molecule has 29 heavy (non-hydrogen) atoms. The predicted molar refractivity (Wildman–Crippen MR) is 114 cm³/mol. The van der Waals surface area contributed by atoms with Crippen LogP contribution in [-0.2, 0) is 0 Å². The van der Waals surface area contributed by atoms with Gasteiger partial charge < -0.3 is 20.4 Å². The van der Waals surface area contributed by atoms with E-state index in [2.05, 4.69) is 33.8 Å². The van der Waals surface area contributed by atoms with Gasteiger partial charge in [-0.05, 0) is 80.0 Å². The van der Waals surface area contributed by atoms with E-state index >= 15 is 0 Å². The monoisotopic (exact) mass is 406 g/mol. The lowest BCUT2D eigenvalue weighted by Crippen LogP contribution is -2.65. The molecule has 0 spiro atoms. The summed E-state index contributed by atoms with van der Waals surface area (Å²) in [6, 6.07) is 0. The molecule has 4 N–H and O–H groups in total. The Kier molecular flexibility index (Phi) is 4.92. The normalized spacial score (nSPS) is 57.6. The zero-order valence-electron chi connectivity index (χ0n) is 19.2. The smallest absolute Gasteiger partial charge is 0.109 e. The fourth-order valence-electron chi connectivity index (χ4n) is 8.47. The summed E-state index contributed by atoms with van der Waals surface area (Å²) in [5, 5.41) is 44.2. The molecule has 4 heteroatoms. The average Bonchev–Trinajstić information content (AvgIpc) is 2.96. The van der Waals surface area contributed by atoms with E-state index in [9.17, 15) is 20.4 Å². The topological polar surface area (TPSA) is 80.9 Å². The molecule has 10 unspecified atom stereocenters. The van der Waals surface area contributed by atoms with Crippen LogP contribution in [0.3, 0.4) is 0 Å². The molecule has 4 aliphatic carbocycles. The fourth-order valence-corrected chi connectivity index (χ4v) is 8.47. The molecule has 4 aliphatic rings. The van der Waals surface area contributed by atoms with E-state index in [0.29, 0.717) is 37.0 Å². The standard InChI is InChI=1S/C25H42O4/c1-14(2)15-7-10-22(3)16(15)8-11-23(4)17-9-12-24(5,29)20(27)21(28)25(17,6)19(26)13-18(22)23/h8,14-15,17-21,26-29H,7,9-13H2,1-6H3. The van der Waals surface area contributed by atoms with Crippen molar-refractivity contribution in [3.05, 3.63) is 11.6 Å². The van der Waals surface area contributed by atoms with Crippen molar-refractivity contribution >= 4 is 0 Å². The van der Waals surface area contributed by atoms with E-state index in [1.807, 2.05) is 6.92 Å². The third-order valence-electron chi connectivity index (χ3n) is 10.4. The van der Waals surface area contributed by atoms with Crippen molar-refractivity contribution < 1.29 is 20.4 Å². The second-order valence-electron chi connectivity index (χ2n) is 12.2. The van der Waals surface area contributed by atoms with E-state index < -0.39 is 29.3 Å². The van der Waals surface area contributed by atoms with Crippen LogP contribution in [0.15, 0.2) is 11.6 Å². The van der Waals surface area contributed by atoms with Crippen LogP contribution in [0.25, 0.3) is 0 Å². The molecule has 166 valence electrons. The van der Waals surface area contributed by atoms with E-state index in [1.54, 1.807) is 12.5 Å². The number of hydrogen-bond donors (Lipinski definition) is 4. The first-order chi connectivity index (χ1) is 13.3. The van der Waals surface area contributed by atoms with Crippen molar-refractivity contribution in [2.24, 2.45) is 39.9 Å². The minimum absolute atomic E-state index is 0.0510. The van der Waals surface area contributed by atoms with Crippen molar-refractivity contribution in [3.8, 4) is 0 Å². The third kappa shape index (κ3) is 2.71. The zero-order chi connectivity index (χ0) is 21.6. The summed E-state index contributed by atoms with van der Waals surface area (Å²) in [6.07, 6.45) is 4.62. The Morgan fingerprint density at radius 3 is 2.21 bits per heavy atom. The van der Waals surface area contributed by atoms with Crippen LogP contribution < -0.4 is 0 Å². The van der Waals surface area contributed by atoms with Crippen LogP contribution in [0.1, 0.15) is 80.1 Å². The van der Waals surface area contributed by atoms with Gasteiger partial charge in [-0.3, -0.25) is 0 Å². The summed E-state index contributed by atoms with van der Waals surface area (Å²) in [7, 11) is 0. The zero-order valence-corrected chi connectivity index (χ0v) is 19.2. The molecule has 0 aromatic rings. The lowest BCUT2D eigenvalue weighted by Gasteiger charge is -2.64. The van der Waals surface area contributed by atoms with Crippen molar-refractivity contribution in [3.63, 3.8) is 0 Å². The summed E-state index contributed by atoms with van der Waals surface area (Å²) in [5.41, 5.74) is -0.502. The van der Waals surface area contributed by atoms with Crippen LogP contribution in [0.4, 0.5) is 0 Å². The first kappa shape index (κ1) is 21.8. The first-order valence-electron chi connectivity index (χ1n) is 11.8. The highest BCUT2D eigenvalue weighted by Gasteiger charge is 2.68. The molecule has 0 bridgehead atoms. The Hall–Kier alpha value is -0.420. The van der Waals surface area contributed by atoms with Crippen molar-refractivity contribution in [2.75, 3.05) is 0 Å². The highest BCUT2D eigenvalue weighted by Crippen LogP contribution is 2.70. The molecule has 3 saturated carbocycles. The quantitative estimate of drug-likeness (QED) is 0.501. The highest BCUT2D eigenvalue weighted by molar-refractivity contribution is 5.31. The molecule has 10 atom stereocenters. The molecule has 4 rings (SSSR count). The summed E-state index contributed by atoms with van der Waals surface area (Å²) in [5.74, 6) is 1.68. The first-order valence-corrected chi connectivity index (χ1v) is 11.8. The van der Waals surface area contributed by atoms with Gasteiger partial charge in [-0.1, -0.05) is 46.3 Å². The maximum atomic E-state index is 11.4. The second kappa shape index (κ2) is 6.54. The molecule has 4 nitrogen and oxygen atoms in total. The number of aliphatic hydroxyl groups is 4. The Labute approximate surface area is 176 Å². The van der Waals surface area contributed by atoms with Gasteiger partial charge in [0, 0.05) is 5.41 Å². The molecule has 0 saturated heterocycles. The van der Waals surface area contributed by atoms with Crippen LogP contribution in [0, 0.1) is 39.9 Å². The third-order valence-corrected chi connectivity index (χ3v) is 10.4. The lowest BCUT2D eigenvalue weighted by atomic mass is 9.41. The maximum absolute atomic E-state index is 11.4. The Morgan fingerprint density at radius 1 is 0.931 bits per heavy atom.